The second kappa shape index (κ2) is 9.52. The van der Waals surface area contributed by atoms with Crippen LogP contribution in [0.5, 0.6) is 0 Å². The van der Waals surface area contributed by atoms with Gasteiger partial charge >= 0.3 is 0 Å². The van der Waals surface area contributed by atoms with Gasteiger partial charge in [0.05, 0.1) is 6.10 Å². The average Bonchev–Trinajstić information content (AvgIpc) is 3.03. The minimum Gasteiger partial charge on any atom is -0.392 e. The van der Waals surface area contributed by atoms with Crippen molar-refractivity contribution in [1.29, 1.82) is 0 Å². The van der Waals surface area contributed by atoms with Gasteiger partial charge in [0.15, 0.2) is 0 Å². The van der Waals surface area contributed by atoms with Gasteiger partial charge in [-0.05, 0) is 31.8 Å². The zero-order valence-electron chi connectivity index (χ0n) is 12.6. The topological polar surface area (TPSA) is 80.3 Å². The summed E-state index contributed by atoms with van der Waals surface area (Å²) in [6.45, 7) is 6.71. The summed E-state index contributed by atoms with van der Waals surface area (Å²) in [5.74, 6) is 1.31. The first-order chi connectivity index (χ1) is 9.83. The molecule has 1 unspecified atom stereocenters. The SMILES string of the molecule is Cl.Cl.OC(CN1CCN(c2ncn[nH]2)CC1)C1CCNCC1. The van der Waals surface area contributed by atoms with Gasteiger partial charge in [-0.25, -0.2) is 5.10 Å². The number of hydrogen-bond donors (Lipinski definition) is 3. The third-order valence-electron chi connectivity index (χ3n) is 4.45. The predicted octanol–water partition coefficient (Wildman–Crippen LogP) is 0.131. The number of aliphatic hydroxyl groups is 1. The summed E-state index contributed by atoms with van der Waals surface area (Å²) in [6.07, 6.45) is 3.55. The van der Waals surface area contributed by atoms with Crippen LogP contribution >= 0.6 is 24.8 Å². The highest BCUT2D eigenvalue weighted by Gasteiger charge is 2.26. The molecular formula is C13H26Cl2N6O. The lowest BCUT2D eigenvalue weighted by atomic mass is 9.92. The van der Waals surface area contributed by atoms with E-state index < -0.39 is 0 Å². The van der Waals surface area contributed by atoms with E-state index in [1.165, 1.54) is 0 Å². The zero-order valence-corrected chi connectivity index (χ0v) is 14.3. The molecular weight excluding hydrogens is 327 g/mol. The molecule has 0 saturated carbocycles. The minimum atomic E-state index is -0.186. The molecule has 22 heavy (non-hydrogen) atoms. The van der Waals surface area contributed by atoms with Crippen molar-refractivity contribution in [2.45, 2.75) is 18.9 Å². The summed E-state index contributed by atoms with van der Waals surface area (Å²) in [7, 11) is 0. The molecule has 3 rings (SSSR count). The number of aromatic amines is 1. The summed E-state index contributed by atoms with van der Waals surface area (Å²) < 4.78 is 0. The van der Waals surface area contributed by atoms with E-state index in [2.05, 4.69) is 30.3 Å². The summed E-state index contributed by atoms with van der Waals surface area (Å²) in [4.78, 5) is 8.75. The number of aromatic nitrogens is 3. The lowest BCUT2D eigenvalue weighted by Gasteiger charge is -2.37. The molecule has 1 aromatic rings. The van der Waals surface area contributed by atoms with Crippen LogP contribution in [0.2, 0.25) is 0 Å². The summed E-state index contributed by atoms with van der Waals surface area (Å²) in [5, 5.41) is 20.5. The number of aliphatic hydroxyl groups excluding tert-OH is 1. The van der Waals surface area contributed by atoms with Crippen LogP contribution in [0.25, 0.3) is 0 Å². The molecule has 2 aliphatic rings. The van der Waals surface area contributed by atoms with Crippen LogP contribution in [0.15, 0.2) is 6.33 Å². The van der Waals surface area contributed by atoms with Crippen molar-refractivity contribution in [3.63, 3.8) is 0 Å². The fourth-order valence-corrected chi connectivity index (χ4v) is 3.14. The second-order valence-electron chi connectivity index (χ2n) is 5.75. The Kier molecular flexibility index (Phi) is 8.41. The Labute approximate surface area is 143 Å². The predicted molar refractivity (Wildman–Crippen MR) is 91.1 cm³/mol. The fraction of sp³-hybridized carbons (Fsp3) is 0.846. The van der Waals surface area contributed by atoms with Gasteiger partial charge < -0.3 is 15.3 Å². The van der Waals surface area contributed by atoms with E-state index in [0.717, 1.165) is 64.6 Å². The number of β-amino-alcohol motifs (C(OH)–C–C–N with tert-alkyl or cyclic N) is 1. The Morgan fingerprint density at radius 1 is 1.18 bits per heavy atom. The first-order valence-corrected chi connectivity index (χ1v) is 7.54. The average molecular weight is 353 g/mol. The van der Waals surface area contributed by atoms with Crippen molar-refractivity contribution in [3.05, 3.63) is 6.33 Å². The molecule has 0 aliphatic carbocycles. The zero-order chi connectivity index (χ0) is 13.8. The van der Waals surface area contributed by atoms with Crippen LogP contribution in [-0.4, -0.2) is 77.1 Å². The standard InChI is InChI=1S/C13H24N6O.2ClH/c20-12(11-1-3-14-4-2-11)9-18-5-7-19(8-6-18)13-15-10-16-17-13;;/h10-12,14,20H,1-9H2,(H,15,16,17);2*1H. The molecule has 0 radical (unpaired) electrons. The fourth-order valence-electron chi connectivity index (χ4n) is 3.14. The molecule has 3 heterocycles. The van der Waals surface area contributed by atoms with Gasteiger partial charge in [0.25, 0.3) is 0 Å². The quantitative estimate of drug-likeness (QED) is 0.714. The monoisotopic (exact) mass is 352 g/mol. The lowest BCUT2D eigenvalue weighted by molar-refractivity contribution is 0.0487. The molecule has 0 bridgehead atoms. The normalized spacial score (nSPS) is 21.8. The summed E-state index contributed by atoms with van der Waals surface area (Å²) in [6, 6.07) is 0. The molecule has 1 atom stereocenters. The molecule has 7 nitrogen and oxygen atoms in total. The highest BCUT2D eigenvalue weighted by molar-refractivity contribution is 5.85. The van der Waals surface area contributed by atoms with E-state index >= 15 is 0 Å². The van der Waals surface area contributed by atoms with E-state index in [4.69, 9.17) is 0 Å². The number of nitrogens with zero attached hydrogens (tertiary/aromatic N) is 4. The molecule has 0 amide bonds. The Morgan fingerprint density at radius 2 is 1.86 bits per heavy atom. The Bertz CT molecular complexity index is 393. The number of halogens is 2. The third kappa shape index (κ3) is 4.96. The summed E-state index contributed by atoms with van der Waals surface area (Å²) in [5.41, 5.74) is 0. The largest absolute Gasteiger partial charge is 0.392 e. The number of piperazine rings is 1. The van der Waals surface area contributed by atoms with Crippen LogP contribution < -0.4 is 10.2 Å². The molecule has 0 aromatic carbocycles. The van der Waals surface area contributed by atoms with E-state index in [1.807, 2.05) is 0 Å². The van der Waals surface area contributed by atoms with Gasteiger partial charge in [-0.15, -0.1) is 24.8 Å². The maximum absolute atomic E-state index is 10.4. The van der Waals surface area contributed by atoms with Gasteiger partial charge in [0, 0.05) is 32.7 Å². The lowest BCUT2D eigenvalue weighted by Crippen LogP contribution is -2.50. The molecule has 128 valence electrons. The smallest absolute Gasteiger partial charge is 0.221 e. The van der Waals surface area contributed by atoms with Crippen molar-refractivity contribution in [2.24, 2.45) is 5.92 Å². The van der Waals surface area contributed by atoms with Crippen LogP contribution in [-0.2, 0) is 0 Å². The van der Waals surface area contributed by atoms with E-state index in [1.54, 1.807) is 6.33 Å². The van der Waals surface area contributed by atoms with Gasteiger partial charge in [-0.2, -0.15) is 10.1 Å². The number of rotatable bonds is 4. The molecule has 2 aliphatic heterocycles. The van der Waals surface area contributed by atoms with Gasteiger partial charge in [-0.3, -0.25) is 4.90 Å². The highest BCUT2D eigenvalue weighted by Crippen LogP contribution is 2.18. The first-order valence-electron chi connectivity index (χ1n) is 7.54. The van der Waals surface area contributed by atoms with Gasteiger partial charge in [0.1, 0.15) is 6.33 Å². The number of H-pyrrole nitrogens is 1. The Morgan fingerprint density at radius 3 is 2.45 bits per heavy atom. The van der Waals surface area contributed by atoms with Gasteiger partial charge in [0.2, 0.25) is 5.95 Å². The second-order valence-corrected chi connectivity index (χ2v) is 5.75. The maximum atomic E-state index is 10.4. The molecule has 2 saturated heterocycles. The van der Waals surface area contributed by atoms with Crippen LogP contribution in [0, 0.1) is 5.92 Å². The molecule has 9 heteroatoms. The van der Waals surface area contributed by atoms with Crippen molar-refractivity contribution < 1.29 is 5.11 Å². The van der Waals surface area contributed by atoms with Crippen LogP contribution in [0.3, 0.4) is 0 Å². The number of hydrogen-bond acceptors (Lipinski definition) is 6. The van der Waals surface area contributed by atoms with E-state index in [0.29, 0.717) is 5.92 Å². The van der Waals surface area contributed by atoms with E-state index in [-0.39, 0.29) is 30.9 Å². The Hall–Kier alpha value is -0.600. The van der Waals surface area contributed by atoms with Crippen molar-refractivity contribution in [2.75, 3.05) is 50.7 Å². The van der Waals surface area contributed by atoms with Crippen LogP contribution in [0.4, 0.5) is 5.95 Å². The van der Waals surface area contributed by atoms with E-state index in [9.17, 15) is 5.11 Å². The number of nitrogens with one attached hydrogen (secondary N) is 2. The van der Waals surface area contributed by atoms with Crippen molar-refractivity contribution >= 4 is 30.8 Å². The number of anilines is 1. The first kappa shape index (κ1) is 19.4. The van der Waals surface area contributed by atoms with Crippen molar-refractivity contribution in [3.8, 4) is 0 Å². The van der Waals surface area contributed by atoms with Gasteiger partial charge in [-0.1, -0.05) is 0 Å². The molecule has 3 N–H and O–H groups in total. The van der Waals surface area contributed by atoms with Crippen LogP contribution in [0.1, 0.15) is 12.8 Å². The minimum absolute atomic E-state index is 0. The molecule has 1 aromatic heterocycles. The number of piperidine rings is 1. The molecule has 0 spiro atoms. The Balaban J connectivity index is 0.00000121. The third-order valence-corrected chi connectivity index (χ3v) is 4.45. The van der Waals surface area contributed by atoms with Crippen molar-refractivity contribution in [1.82, 2.24) is 25.4 Å². The maximum Gasteiger partial charge on any atom is 0.221 e. The highest BCUT2D eigenvalue weighted by atomic mass is 35.5. The summed E-state index contributed by atoms with van der Waals surface area (Å²) >= 11 is 0. The molecule has 2 fully saturated rings.